The molecule has 0 amide bonds. The monoisotopic (exact) mass is 572 g/mol. The van der Waals surface area contributed by atoms with E-state index in [0.29, 0.717) is 25.1 Å². The number of nitrogens with zero attached hydrogens (tertiary/aromatic N) is 3. The van der Waals surface area contributed by atoms with Crippen molar-refractivity contribution in [1.29, 1.82) is 0 Å². The molecule has 8 nitrogen and oxygen atoms in total. The fourth-order valence-corrected chi connectivity index (χ4v) is 2.56. The van der Waals surface area contributed by atoms with E-state index in [-0.39, 0.29) is 6.21 Å². The second kappa shape index (κ2) is 10.2. The molecule has 0 aliphatic heterocycles. The zero-order valence-corrected chi connectivity index (χ0v) is 17.6. The number of benzene rings is 1. The molecule has 0 saturated heterocycles. The number of anilines is 3. The Morgan fingerprint density at radius 3 is 1.76 bits per heavy atom. The Hall–Kier alpha value is -2.78. The van der Waals surface area contributed by atoms with E-state index >= 15 is 0 Å². The molecule has 0 aliphatic carbocycles. The summed E-state index contributed by atoms with van der Waals surface area (Å²) in [5.74, 6) is -41.1. The number of hydrazone groups is 1. The molecule has 0 spiro atoms. The van der Waals surface area contributed by atoms with Crippen molar-refractivity contribution < 1.29 is 67.5 Å². The third kappa shape index (κ3) is 5.43. The Balaban J connectivity index is 3.39. The lowest BCUT2D eigenvalue weighted by Crippen LogP contribution is -2.71. The van der Waals surface area contributed by atoms with E-state index < -0.39 is 75.6 Å². The van der Waals surface area contributed by atoms with Crippen molar-refractivity contribution in [3.63, 3.8) is 0 Å². The fraction of sp³-hybridized carbons (Fsp3) is 0.562. The van der Waals surface area contributed by atoms with E-state index in [1.807, 2.05) is 0 Å². The predicted molar refractivity (Wildman–Crippen MR) is 98.4 cm³/mol. The summed E-state index contributed by atoms with van der Waals surface area (Å²) in [6.07, 6.45) is -9.23. The Bertz CT molecular complexity index is 970. The second-order valence-electron chi connectivity index (χ2n) is 7.07. The maximum Gasteiger partial charge on any atom is 0.460 e. The van der Waals surface area contributed by atoms with Crippen molar-refractivity contribution in [2.75, 3.05) is 15.9 Å². The minimum absolute atomic E-state index is 0.339. The van der Waals surface area contributed by atoms with Gasteiger partial charge in [0.15, 0.2) is 0 Å². The summed E-state index contributed by atoms with van der Waals surface area (Å²) in [6, 6.07) is 1.79. The average molecular weight is 572 g/mol. The van der Waals surface area contributed by atoms with E-state index in [1.165, 1.54) is 0 Å². The van der Waals surface area contributed by atoms with Crippen molar-refractivity contribution >= 4 is 23.3 Å². The van der Waals surface area contributed by atoms with Crippen molar-refractivity contribution in [2.45, 2.75) is 49.1 Å². The lowest BCUT2D eigenvalue weighted by atomic mass is 9.86. The third-order valence-electron chi connectivity index (χ3n) is 4.71. The largest absolute Gasteiger partial charge is 0.769 e. The van der Waals surface area contributed by atoms with Gasteiger partial charge in [0.05, 0.1) is 11.6 Å². The molecule has 1 aromatic rings. The maximum atomic E-state index is 14.3. The van der Waals surface area contributed by atoms with Gasteiger partial charge >= 0.3 is 35.8 Å². The molecule has 1 rings (SSSR count). The molecule has 37 heavy (non-hydrogen) atoms. The quantitative estimate of drug-likeness (QED) is 0.163. The summed E-state index contributed by atoms with van der Waals surface area (Å²) in [5, 5.41) is 40.6. The predicted octanol–water partition coefficient (Wildman–Crippen LogP) is 6.24. The molecule has 0 radical (unpaired) electrons. The normalized spacial score (nSPS) is 15.2. The van der Waals surface area contributed by atoms with Crippen molar-refractivity contribution in [1.82, 2.24) is 0 Å². The third-order valence-corrected chi connectivity index (χ3v) is 4.71. The van der Waals surface area contributed by atoms with Gasteiger partial charge in [-0.25, -0.2) is 0 Å². The van der Waals surface area contributed by atoms with E-state index in [0.717, 1.165) is 0 Å². The van der Waals surface area contributed by atoms with Crippen LogP contribution in [0.4, 0.5) is 74.1 Å². The lowest BCUT2D eigenvalue weighted by molar-refractivity contribution is -0.441. The van der Waals surface area contributed by atoms with Gasteiger partial charge in [-0.05, 0) is 24.6 Å². The molecule has 0 fully saturated rings. The minimum atomic E-state index is -8.04. The first kappa shape index (κ1) is 32.2. The summed E-state index contributed by atoms with van der Waals surface area (Å²) in [4.78, 5) is 0. The maximum absolute atomic E-state index is 14.3. The van der Waals surface area contributed by atoms with Crippen LogP contribution in [0.1, 0.15) is 13.3 Å². The summed E-state index contributed by atoms with van der Waals surface area (Å²) < 4.78 is 173. The topological polar surface area (TPSA) is 117 Å². The molecule has 0 aliphatic rings. The fourth-order valence-electron chi connectivity index (χ4n) is 2.56. The average Bonchev–Trinajstić information content (AvgIpc) is 2.74. The van der Waals surface area contributed by atoms with Gasteiger partial charge in [0, 0.05) is 11.9 Å². The van der Waals surface area contributed by atoms with Crippen LogP contribution in [-0.4, -0.2) is 52.4 Å². The highest BCUT2D eigenvalue weighted by Crippen LogP contribution is 2.61. The summed E-state index contributed by atoms with van der Waals surface area (Å²) in [6.45, 7) is 0.571. The van der Waals surface area contributed by atoms with Crippen LogP contribution in [0.25, 0.3) is 0 Å². The van der Waals surface area contributed by atoms with E-state index in [4.69, 9.17) is 10.4 Å². The Kier molecular flexibility index (Phi) is 8.87. The van der Waals surface area contributed by atoms with Crippen molar-refractivity contribution in [3.05, 3.63) is 28.6 Å². The van der Waals surface area contributed by atoms with Gasteiger partial charge in [-0.2, -0.15) is 62.2 Å². The number of hydrogen-bond acceptors (Lipinski definition) is 8. The highest BCUT2D eigenvalue weighted by atomic mass is 19.4. The first-order valence-corrected chi connectivity index (χ1v) is 9.13. The van der Waals surface area contributed by atoms with E-state index in [2.05, 4.69) is 5.10 Å². The molecule has 3 N–H and O–H groups in total. The van der Waals surface area contributed by atoms with Crippen LogP contribution in [-0.2, 0) is 0 Å². The molecule has 0 aromatic heterocycles. The zero-order valence-electron chi connectivity index (χ0n) is 17.6. The van der Waals surface area contributed by atoms with Gasteiger partial charge in [-0.1, -0.05) is 6.92 Å². The summed E-state index contributed by atoms with van der Waals surface area (Å²) in [5.41, 5.74) is -0.692. The second-order valence-corrected chi connectivity index (χ2v) is 7.07. The van der Waals surface area contributed by atoms with Crippen LogP contribution in [0.2, 0.25) is 0 Å². The minimum Gasteiger partial charge on any atom is -0.769 e. The van der Waals surface area contributed by atoms with Gasteiger partial charge in [-0.15, -0.1) is 5.23 Å². The SMILES string of the molecule is CC[C@@H](C=NNc1ccc(N([O-])[O-])cc1N(O)O)C(F)(F)C(F)(F)C(F)(F)C(F)(F)C(F)(F)C(F)(F)F. The van der Waals surface area contributed by atoms with Crippen molar-refractivity contribution in [2.24, 2.45) is 11.0 Å². The molecule has 1 atom stereocenters. The number of hydrogen-bond donors (Lipinski definition) is 3. The molecule has 0 bridgehead atoms. The number of halogens is 13. The van der Waals surface area contributed by atoms with Gasteiger partial charge < -0.3 is 15.6 Å². The van der Waals surface area contributed by atoms with Crippen LogP contribution < -0.4 is 15.9 Å². The smallest absolute Gasteiger partial charge is 0.460 e. The molecule has 0 saturated carbocycles. The molecular formula is C16H13F13N4O4-2. The standard InChI is InChI=1S/C16H13F13N4O4/c1-2-7(6-30-31-9-4-3-8(32(34)35)5-10(9)33(36)37)11(17,18)12(19,20)13(21,22)14(23,24)15(25,26)16(27,28)29/h3-7,31,36-37H,2H2,1H3/q-2/t7-/m0/s1. The van der Waals surface area contributed by atoms with Crippen LogP contribution in [0.5, 0.6) is 0 Å². The van der Waals surface area contributed by atoms with Crippen LogP contribution >= 0.6 is 0 Å². The Morgan fingerprint density at radius 1 is 0.865 bits per heavy atom. The zero-order chi connectivity index (χ0) is 29.4. The molecule has 0 unspecified atom stereocenters. The summed E-state index contributed by atoms with van der Waals surface area (Å²) in [7, 11) is 0. The van der Waals surface area contributed by atoms with Gasteiger partial charge in [0.1, 0.15) is 5.69 Å². The molecule has 214 valence electrons. The Morgan fingerprint density at radius 2 is 1.35 bits per heavy atom. The molecule has 0 heterocycles. The summed E-state index contributed by atoms with van der Waals surface area (Å²) >= 11 is 0. The van der Waals surface area contributed by atoms with E-state index in [9.17, 15) is 67.5 Å². The Labute approximate surface area is 196 Å². The van der Waals surface area contributed by atoms with Crippen LogP contribution in [0, 0.1) is 16.3 Å². The first-order valence-electron chi connectivity index (χ1n) is 9.13. The van der Waals surface area contributed by atoms with Gasteiger partial charge in [-0.3, -0.25) is 15.8 Å². The molecular weight excluding hydrogens is 559 g/mol. The highest BCUT2D eigenvalue weighted by molar-refractivity contribution is 5.75. The lowest BCUT2D eigenvalue weighted by Gasteiger charge is -2.41. The van der Waals surface area contributed by atoms with Crippen LogP contribution in [0.15, 0.2) is 23.3 Å². The number of rotatable bonds is 11. The van der Waals surface area contributed by atoms with Crippen LogP contribution in [0.3, 0.4) is 0 Å². The highest BCUT2D eigenvalue weighted by Gasteiger charge is 2.91. The molecule has 1 aromatic carbocycles. The first-order chi connectivity index (χ1) is 16.4. The van der Waals surface area contributed by atoms with Gasteiger partial charge in [0.25, 0.3) is 0 Å². The molecule has 21 heteroatoms. The number of nitrogens with one attached hydrogen (secondary N) is 1. The van der Waals surface area contributed by atoms with Crippen molar-refractivity contribution in [3.8, 4) is 0 Å². The number of alkyl halides is 13. The van der Waals surface area contributed by atoms with E-state index in [1.54, 1.807) is 5.43 Å². The van der Waals surface area contributed by atoms with Gasteiger partial charge in [0.2, 0.25) is 0 Å².